The summed E-state index contributed by atoms with van der Waals surface area (Å²) in [5.41, 5.74) is 0.607. The Bertz CT molecular complexity index is 498. The van der Waals surface area contributed by atoms with Gasteiger partial charge in [-0.05, 0) is 31.2 Å². The van der Waals surface area contributed by atoms with Gasteiger partial charge >= 0.3 is 0 Å². The number of nitrogens with one attached hydrogen (secondary N) is 1. The van der Waals surface area contributed by atoms with Crippen LogP contribution in [0.1, 0.15) is 19.2 Å². The van der Waals surface area contributed by atoms with Gasteiger partial charge in [-0.3, -0.25) is 0 Å². The van der Waals surface area contributed by atoms with Gasteiger partial charge in [0.1, 0.15) is 5.82 Å². The summed E-state index contributed by atoms with van der Waals surface area (Å²) in [6.07, 6.45) is 1.78. The van der Waals surface area contributed by atoms with E-state index < -0.39 is 0 Å². The fraction of sp³-hybridized carbons (Fsp3) is 0.385. The molecular formula is C13H16FN3O. The van der Waals surface area contributed by atoms with Crippen molar-refractivity contribution < 1.29 is 8.81 Å². The van der Waals surface area contributed by atoms with Crippen molar-refractivity contribution in [1.82, 2.24) is 15.5 Å². The number of nitrogens with zero attached hydrogens (tertiary/aromatic N) is 2. The first kappa shape index (κ1) is 12.7. The van der Waals surface area contributed by atoms with Crippen LogP contribution in [0.5, 0.6) is 0 Å². The number of rotatable bonds is 6. The van der Waals surface area contributed by atoms with E-state index in [-0.39, 0.29) is 5.82 Å². The second-order valence-corrected chi connectivity index (χ2v) is 4.01. The van der Waals surface area contributed by atoms with Gasteiger partial charge < -0.3 is 9.73 Å². The molecule has 0 saturated heterocycles. The van der Waals surface area contributed by atoms with Crippen LogP contribution in [0, 0.1) is 5.82 Å². The second-order valence-electron chi connectivity index (χ2n) is 4.01. The summed E-state index contributed by atoms with van der Waals surface area (Å²) in [6, 6.07) is 6.13. The minimum Gasteiger partial charge on any atom is -0.421 e. The molecule has 0 unspecified atom stereocenters. The highest BCUT2D eigenvalue weighted by molar-refractivity contribution is 5.52. The zero-order valence-corrected chi connectivity index (χ0v) is 10.3. The highest BCUT2D eigenvalue weighted by atomic mass is 19.1. The molecule has 5 heteroatoms. The van der Waals surface area contributed by atoms with Gasteiger partial charge in [0.2, 0.25) is 11.8 Å². The molecule has 2 aromatic rings. The Morgan fingerprint density at radius 3 is 2.94 bits per heavy atom. The van der Waals surface area contributed by atoms with E-state index in [2.05, 4.69) is 22.4 Å². The summed E-state index contributed by atoms with van der Waals surface area (Å²) in [5, 5.41) is 11.1. The maximum Gasteiger partial charge on any atom is 0.247 e. The van der Waals surface area contributed by atoms with Gasteiger partial charge in [-0.25, -0.2) is 4.39 Å². The standard InChI is InChI=1S/C13H16FN3O/c1-2-7-15-8-6-12-16-17-13(18-12)10-4-3-5-11(14)9-10/h3-5,9,15H,2,6-8H2,1H3. The topological polar surface area (TPSA) is 51.0 Å². The Morgan fingerprint density at radius 2 is 2.17 bits per heavy atom. The summed E-state index contributed by atoms with van der Waals surface area (Å²) in [6.45, 7) is 3.89. The van der Waals surface area contributed by atoms with Crippen LogP contribution in [0.25, 0.3) is 11.5 Å². The molecule has 0 aliphatic rings. The van der Waals surface area contributed by atoms with Crippen molar-refractivity contribution in [2.45, 2.75) is 19.8 Å². The SMILES string of the molecule is CCCNCCc1nnc(-c2cccc(F)c2)o1. The van der Waals surface area contributed by atoms with Gasteiger partial charge in [0.15, 0.2) is 0 Å². The molecule has 4 nitrogen and oxygen atoms in total. The molecule has 0 amide bonds. The quantitative estimate of drug-likeness (QED) is 0.799. The molecule has 0 aliphatic carbocycles. The first-order chi connectivity index (χ1) is 8.79. The fourth-order valence-electron chi connectivity index (χ4n) is 1.59. The largest absolute Gasteiger partial charge is 0.421 e. The molecule has 1 aromatic carbocycles. The molecule has 0 bridgehead atoms. The average Bonchev–Trinajstić information content (AvgIpc) is 2.83. The summed E-state index contributed by atoms with van der Waals surface area (Å²) >= 11 is 0. The third kappa shape index (κ3) is 3.37. The zero-order chi connectivity index (χ0) is 12.8. The molecule has 0 atom stereocenters. The predicted molar refractivity (Wildman–Crippen MR) is 66.6 cm³/mol. The van der Waals surface area contributed by atoms with Crippen molar-refractivity contribution in [1.29, 1.82) is 0 Å². The van der Waals surface area contributed by atoms with Gasteiger partial charge in [-0.15, -0.1) is 10.2 Å². The molecule has 0 spiro atoms. The average molecular weight is 249 g/mol. The Hall–Kier alpha value is -1.75. The number of hydrogen-bond acceptors (Lipinski definition) is 4. The fourth-order valence-corrected chi connectivity index (χ4v) is 1.59. The van der Waals surface area contributed by atoms with Crippen LogP contribution in [-0.4, -0.2) is 23.3 Å². The summed E-state index contributed by atoms with van der Waals surface area (Å²) in [5.74, 6) is 0.620. The van der Waals surface area contributed by atoms with Crippen molar-refractivity contribution in [3.8, 4) is 11.5 Å². The minimum absolute atomic E-state index is 0.308. The summed E-state index contributed by atoms with van der Waals surface area (Å²) in [4.78, 5) is 0. The highest BCUT2D eigenvalue weighted by Gasteiger charge is 2.08. The number of hydrogen-bond donors (Lipinski definition) is 1. The molecule has 0 fully saturated rings. The van der Waals surface area contributed by atoms with Crippen molar-refractivity contribution >= 4 is 0 Å². The van der Waals surface area contributed by atoms with Gasteiger partial charge in [0, 0.05) is 18.5 Å². The lowest BCUT2D eigenvalue weighted by Gasteiger charge is -1.98. The van der Waals surface area contributed by atoms with Crippen LogP contribution < -0.4 is 5.32 Å². The van der Waals surface area contributed by atoms with Crippen LogP contribution in [0.3, 0.4) is 0 Å². The Kier molecular flexibility index (Phi) is 4.41. The van der Waals surface area contributed by atoms with Crippen LogP contribution in [0.15, 0.2) is 28.7 Å². The minimum atomic E-state index is -0.308. The van der Waals surface area contributed by atoms with E-state index >= 15 is 0 Å². The molecule has 96 valence electrons. The summed E-state index contributed by atoms with van der Waals surface area (Å²) in [7, 11) is 0. The van der Waals surface area contributed by atoms with E-state index in [1.165, 1.54) is 12.1 Å². The number of benzene rings is 1. The van der Waals surface area contributed by atoms with Crippen LogP contribution in [0.2, 0.25) is 0 Å². The lowest BCUT2D eigenvalue weighted by atomic mass is 10.2. The molecule has 0 radical (unpaired) electrons. The van der Waals surface area contributed by atoms with Gasteiger partial charge in [0.05, 0.1) is 0 Å². The second kappa shape index (κ2) is 6.26. The smallest absolute Gasteiger partial charge is 0.247 e. The molecule has 1 heterocycles. The third-order valence-electron chi connectivity index (χ3n) is 2.48. The number of halogens is 1. The van der Waals surface area contributed by atoms with Crippen molar-refractivity contribution in [3.05, 3.63) is 36.0 Å². The Balaban J connectivity index is 1.97. The maximum atomic E-state index is 13.0. The van der Waals surface area contributed by atoms with Crippen LogP contribution in [-0.2, 0) is 6.42 Å². The van der Waals surface area contributed by atoms with Crippen molar-refractivity contribution in [2.75, 3.05) is 13.1 Å². The molecule has 18 heavy (non-hydrogen) atoms. The first-order valence-corrected chi connectivity index (χ1v) is 6.08. The Labute approximate surface area is 105 Å². The molecule has 1 N–H and O–H groups in total. The van der Waals surface area contributed by atoms with Gasteiger partial charge in [0.25, 0.3) is 0 Å². The van der Waals surface area contributed by atoms with E-state index in [1.54, 1.807) is 12.1 Å². The first-order valence-electron chi connectivity index (χ1n) is 6.08. The van der Waals surface area contributed by atoms with E-state index in [9.17, 15) is 4.39 Å². The van der Waals surface area contributed by atoms with Crippen LogP contribution >= 0.6 is 0 Å². The predicted octanol–water partition coefficient (Wildman–Crippen LogP) is 2.42. The Morgan fingerprint density at radius 1 is 1.28 bits per heavy atom. The normalized spacial score (nSPS) is 10.8. The van der Waals surface area contributed by atoms with Gasteiger partial charge in [-0.1, -0.05) is 13.0 Å². The molecule has 2 rings (SSSR count). The molecular weight excluding hydrogens is 233 g/mol. The lowest BCUT2D eigenvalue weighted by Crippen LogP contribution is -2.17. The number of aromatic nitrogens is 2. The maximum absolute atomic E-state index is 13.0. The van der Waals surface area contributed by atoms with Crippen LogP contribution in [0.4, 0.5) is 4.39 Å². The van der Waals surface area contributed by atoms with E-state index in [0.717, 1.165) is 19.5 Å². The van der Waals surface area contributed by atoms with E-state index in [4.69, 9.17) is 4.42 Å². The zero-order valence-electron chi connectivity index (χ0n) is 10.3. The molecule has 1 aromatic heterocycles. The third-order valence-corrected chi connectivity index (χ3v) is 2.48. The molecule has 0 saturated carbocycles. The molecule has 0 aliphatic heterocycles. The monoisotopic (exact) mass is 249 g/mol. The van der Waals surface area contributed by atoms with E-state index in [1.807, 2.05) is 0 Å². The van der Waals surface area contributed by atoms with Crippen molar-refractivity contribution in [2.24, 2.45) is 0 Å². The van der Waals surface area contributed by atoms with Crippen molar-refractivity contribution in [3.63, 3.8) is 0 Å². The summed E-state index contributed by atoms with van der Waals surface area (Å²) < 4.78 is 18.5. The lowest BCUT2D eigenvalue weighted by molar-refractivity contribution is 0.494. The van der Waals surface area contributed by atoms with E-state index in [0.29, 0.717) is 23.8 Å². The highest BCUT2D eigenvalue weighted by Crippen LogP contribution is 2.18. The van der Waals surface area contributed by atoms with Gasteiger partial charge in [-0.2, -0.15) is 0 Å².